The quantitative estimate of drug-likeness (QED) is 0.100. The van der Waals surface area contributed by atoms with E-state index in [0.29, 0.717) is 31.1 Å². The summed E-state index contributed by atoms with van der Waals surface area (Å²) in [4.78, 5) is 45.0. The number of carbonyl (C=O) groups excluding carboxylic acids is 3. The summed E-state index contributed by atoms with van der Waals surface area (Å²) >= 11 is 1.51. The van der Waals surface area contributed by atoms with E-state index in [1.807, 2.05) is 112 Å². The third-order valence-electron chi connectivity index (χ3n) is 8.59. The van der Waals surface area contributed by atoms with E-state index < -0.39 is 11.6 Å². The van der Waals surface area contributed by atoms with Crippen molar-refractivity contribution in [2.24, 2.45) is 5.92 Å². The van der Waals surface area contributed by atoms with Crippen LogP contribution >= 0.6 is 11.9 Å². The molecular weight excluding hydrogens is 675 g/mol. The molecule has 2 amide bonds. The van der Waals surface area contributed by atoms with Crippen LogP contribution in [0.5, 0.6) is 5.75 Å². The highest BCUT2D eigenvalue weighted by Gasteiger charge is 2.30. The van der Waals surface area contributed by atoms with Crippen molar-refractivity contribution < 1.29 is 28.6 Å². The van der Waals surface area contributed by atoms with Gasteiger partial charge in [-0.25, -0.2) is 13.9 Å². The largest absolute Gasteiger partial charge is 0.488 e. The van der Waals surface area contributed by atoms with Crippen LogP contribution < -0.4 is 9.64 Å². The predicted octanol–water partition coefficient (Wildman–Crippen LogP) is 8.55. The number of benzene rings is 4. The third kappa shape index (κ3) is 11.6. The molecule has 52 heavy (non-hydrogen) atoms. The van der Waals surface area contributed by atoms with Crippen molar-refractivity contribution in [3.8, 4) is 5.75 Å². The Morgan fingerprint density at radius 3 is 2.06 bits per heavy atom. The Labute approximate surface area is 312 Å². The summed E-state index contributed by atoms with van der Waals surface area (Å²) in [5.41, 5.74) is 3.32. The highest BCUT2D eigenvalue weighted by Crippen LogP contribution is 2.31. The second-order valence-corrected chi connectivity index (χ2v) is 15.4. The molecule has 10 heteroatoms. The maximum atomic E-state index is 14.2. The van der Waals surface area contributed by atoms with E-state index in [9.17, 15) is 14.4 Å². The van der Waals surface area contributed by atoms with Crippen molar-refractivity contribution in [1.82, 2.24) is 9.21 Å². The SMILES string of the molecule is Cc1ccc(SN(C)CC(=O)N(CC2CCN(C(=O)OC(C)(C)C)CC2)c2ccc(C(=O)OCc3ccccc3)c(OCc3ccccc3)c2)cc1. The van der Waals surface area contributed by atoms with Gasteiger partial charge in [0.1, 0.15) is 30.1 Å². The molecule has 1 saturated heterocycles. The van der Waals surface area contributed by atoms with E-state index in [0.717, 1.165) is 28.9 Å². The van der Waals surface area contributed by atoms with E-state index in [4.69, 9.17) is 14.2 Å². The summed E-state index contributed by atoms with van der Waals surface area (Å²) in [6.07, 6.45) is 1.12. The Kier molecular flexibility index (Phi) is 13.4. The first-order chi connectivity index (χ1) is 24.9. The molecule has 1 aliphatic heterocycles. The number of carbonyl (C=O) groups is 3. The molecule has 0 atom stereocenters. The molecule has 0 aliphatic carbocycles. The summed E-state index contributed by atoms with van der Waals surface area (Å²) in [5.74, 6) is -0.133. The number of esters is 1. The standard InChI is InChI=1S/C42H49N3O6S/c1-31-16-19-36(20-17-31)52-43(5)28-39(46)45(27-32-22-24-44(25-23-32)41(48)51-42(2,3)4)35-18-21-37(40(47)50-30-34-14-10-7-11-15-34)38(26-35)49-29-33-12-8-6-9-13-33/h6-21,26,32H,22-25,27-30H2,1-5H3. The second-order valence-electron chi connectivity index (χ2n) is 14.1. The van der Waals surface area contributed by atoms with Crippen molar-refractivity contribution >= 4 is 35.6 Å². The van der Waals surface area contributed by atoms with Crippen LogP contribution in [0.3, 0.4) is 0 Å². The number of hydrogen-bond donors (Lipinski definition) is 0. The Balaban J connectivity index is 1.38. The van der Waals surface area contributed by atoms with Crippen LogP contribution in [-0.4, -0.2) is 66.0 Å². The lowest BCUT2D eigenvalue weighted by atomic mass is 9.96. The molecular formula is C42H49N3O6S. The molecule has 5 rings (SSSR count). The van der Waals surface area contributed by atoms with Gasteiger partial charge in [-0.05, 0) is 101 Å². The van der Waals surface area contributed by atoms with Crippen LogP contribution in [0.2, 0.25) is 0 Å². The molecule has 4 aromatic carbocycles. The van der Waals surface area contributed by atoms with Gasteiger partial charge in [0.2, 0.25) is 5.91 Å². The maximum absolute atomic E-state index is 14.2. The lowest BCUT2D eigenvalue weighted by molar-refractivity contribution is -0.118. The van der Waals surface area contributed by atoms with Crippen LogP contribution in [0, 0.1) is 12.8 Å². The molecule has 1 aliphatic rings. The number of hydrogen-bond acceptors (Lipinski definition) is 8. The summed E-state index contributed by atoms with van der Waals surface area (Å²) in [7, 11) is 1.90. The highest BCUT2D eigenvalue weighted by molar-refractivity contribution is 7.97. The zero-order valence-electron chi connectivity index (χ0n) is 30.7. The molecule has 1 fully saturated rings. The lowest BCUT2D eigenvalue weighted by Crippen LogP contribution is -2.45. The Morgan fingerprint density at radius 2 is 1.44 bits per heavy atom. The molecule has 9 nitrogen and oxygen atoms in total. The predicted molar refractivity (Wildman–Crippen MR) is 205 cm³/mol. The number of nitrogens with zero attached hydrogens (tertiary/aromatic N) is 3. The van der Waals surface area contributed by atoms with Gasteiger partial charge >= 0.3 is 12.1 Å². The van der Waals surface area contributed by atoms with Crippen LogP contribution in [0.15, 0.2) is 108 Å². The number of likely N-dealkylation sites (N-methyl/N-ethyl adjacent to an activating group) is 1. The molecule has 4 aromatic rings. The molecule has 0 unspecified atom stereocenters. The van der Waals surface area contributed by atoms with Crippen LogP contribution in [-0.2, 0) is 27.5 Å². The topological polar surface area (TPSA) is 88.6 Å². The van der Waals surface area contributed by atoms with Crippen LogP contribution in [0.25, 0.3) is 0 Å². The average molecular weight is 724 g/mol. The van der Waals surface area contributed by atoms with Gasteiger partial charge in [-0.15, -0.1) is 0 Å². The van der Waals surface area contributed by atoms with Crippen molar-refractivity contribution in [2.45, 2.75) is 64.2 Å². The smallest absolute Gasteiger partial charge is 0.410 e. The minimum Gasteiger partial charge on any atom is -0.488 e. The first-order valence-corrected chi connectivity index (χ1v) is 18.5. The van der Waals surface area contributed by atoms with Gasteiger partial charge in [0.15, 0.2) is 0 Å². The van der Waals surface area contributed by atoms with E-state index in [2.05, 4.69) is 12.1 Å². The Bertz CT molecular complexity index is 1770. The fourth-order valence-electron chi connectivity index (χ4n) is 5.82. The minimum absolute atomic E-state index is 0.0925. The van der Waals surface area contributed by atoms with Crippen molar-refractivity contribution in [3.63, 3.8) is 0 Å². The fraction of sp³-hybridized carbons (Fsp3) is 0.357. The number of piperidine rings is 1. The van der Waals surface area contributed by atoms with E-state index in [-0.39, 0.29) is 43.2 Å². The second kappa shape index (κ2) is 18.1. The third-order valence-corrected chi connectivity index (χ3v) is 9.52. The van der Waals surface area contributed by atoms with E-state index >= 15 is 0 Å². The number of amides is 2. The first-order valence-electron chi connectivity index (χ1n) is 17.7. The zero-order chi connectivity index (χ0) is 37.1. The van der Waals surface area contributed by atoms with E-state index in [1.54, 1.807) is 28.0 Å². The van der Waals surface area contributed by atoms with Gasteiger partial charge in [-0.3, -0.25) is 4.79 Å². The normalized spacial score (nSPS) is 13.5. The van der Waals surface area contributed by atoms with Gasteiger partial charge in [-0.1, -0.05) is 78.4 Å². The fourth-order valence-corrected chi connectivity index (χ4v) is 6.62. The molecule has 274 valence electrons. The Morgan fingerprint density at radius 1 is 0.827 bits per heavy atom. The number of aryl methyl sites for hydroxylation is 1. The van der Waals surface area contributed by atoms with Gasteiger partial charge in [0.25, 0.3) is 0 Å². The average Bonchev–Trinajstić information content (AvgIpc) is 3.13. The maximum Gasteiger partial charge on any atom is 0.410 e. The summed E-state index contributed by atoms with van der Waals surface area (Å²) < 4.78 is 19.5. The number of anilines is 1. The van der Waals surface area contributed by atoms with Gasteiger partial charge in [0.05, 0.1) is 6.54 Å². The molecule has 0 saturated carbocycles. The molecule has 0 spiro atoms. The zero-order valence-corrected chi connectivity index (χ0v) is 31.6. The Hall–Kier alpha value is -4.80. The summed E-state index contributed by atoms with van der Waals surface area (Å²) in [5, 5.41) is 0. The van der Waals surface area contributed by atoms with Gasteiger partial charge < -0.3 is 24.0 Å². The summed E-state index contributed by atoms with van der Waals surface area (Å²) in [6, 6.07) is 32.7. The van der Waals surface area contributed by atoms with Crippen molar-refractivity contribution in [3.05, 3.63) is 125 Å². The first kappa shape index (κ1) is 38.4. The molecule has 0 radical (unpaired) electrons. The molecule has 1 heterocycles. The summed E-state index contributed by atoms with van der Waals surface area (Å²) in [6.45, 7) is 9.67. The van der Waals surface area contributed by atoms with Gasteiger partial charge in [-0.2, -0.15) is 0 Å². The molecule has 0 N–H and O–H groups in total. The number of ether oxygens (including phenoxy) is 3. The van der Waals surface area contributed by atoms with Crippen LogP contribution in [0.1, 0.15) is 60.7 Å². The van der Waals surface area contributed by atoms with Gasteiger partial charge in [0, 0.05) is 36.3 Å². The van der Waals surface area contributed by atoms with E-state index in [1.165, 1.54) is 17.5 Å². The lowest BCUT2D eigenvalue weighted by Gasteiger charge is -2.36. The molecule has 0 bridgehead atoms. The van der Waals surface area contributed by atoms with Crippen molar-refractivity contribution in [1.29, 1.82) is 0 Å². The highest BCUT2D eigenvalue weighted by atomic mass is 32.2. The molecule has 0 aromatic heterocycles. The number of likely N-dealkylation sites (tertiary alicyclic amines) is 1. The monoisotopic (exact) mass is 723 g/mol. The minimum atomic E-state index is -0.569. The van der Waals surface area contributed by atoms with Crippen LogP contribution in [0.4, 0.5) is 10.5 Å². The van der Waals surface area contributed by atoms with Crippen molar-refractivity contribution in [2.75, 3.05) is 38.1 Å². The number of rotatable bonds is 13.